The van der Waals surface area contributed by atoms with Crippen molar-refractivity contribution in [2.45, 2.75) is 6.18 Å². The van der Waals surface area contributed by atoms with Gasteiger partial charge in [0.05, 0.1) is 19.8 Å². The average Bonchev–Trinajstić information content (AvgIpc) is 2.70. The first-order valence-corrected chi connectivity index (χ1v) is 10.5. The van der Waals surface area contributed by atoms with Crippen LogP contribution in [0.4, 0.5) is 18.9 Å². The van der Waals surface area contributed by atoms with Crippen molar-refractivity contribution in [3.63, 3.8) is 0 Å². The number of nitrogens with one attached hydrogen (secondary N) is 1. The highest BCUT2D eigenvalue weighted by Crippen LogP contribution is 2.31. The van der Waals surface area contributed by atoms with Crippen LogP contribution in [-0.2, 0) is 20.5 Å². The lowest BCUT2D eigenvalue weighted by Gasteiger charge is -2.11. The molecule has 1 amide bonds. The van der Waals surface area contributed by atoms with Gasteiger partial charge in [-0.05, 0) is 87.2 Å². The second-order valence-electron chi connectivity index (χ2n) is 5.88. The van der Waals surface area contributed by atoms with Crippen LogP contribution in [0.1, 0.15) is 11.1 Å². The van der Waals surface area contributed by atoms with Gasteiger partial charge in [-0.15, -0.1) is 0 Å². The topological polar surface area (TPSA) is 88.4 Å². The molecule has 6 nitrogen and oxygen atoms in total. The molecule has 0 saturated heterocycles. The van der Waals surface area contributed by atoms with Gasteiger partial charge in [0, 0.05) is 5.69 Å². The summed E-state index contributed by atoms with van der Waals surface area (Å²) in [6.07, 6.45) is -3.25. The van der Waals surface area contributed by atoms with Crippen LogP contribution >= 0.6 is 45.2 Å². The van der Waals surface area contributed by atoms with Crippen molar-refractivity contribution in [2.75, 3.05) is 19.0 Å². The molecule has 0 spiro atoms. The van der Waals surface area contributed by atoms with Gasteiger partial charge < -0.3 is 14.8 Å². The minimum absolute atomic E-state index is 0.0864. The Morgan fingerprint density at radius 2 is 1.84 bits per heavy atom. The van der Waals surface area contributed by atoms with Gasteiger partial charge >= 0.3 is 12.1 Å². The number of nitrogens with zero attached hydrogens (tertiary/aromatic N) is 1. The number of hydrogen-bond donors (Lipinski definition) is 1. The molecule has 0 aliphatic heterocycles. The molecule has 1 N–H and O–H groups in total. The highest BCUT2D eigenvalue weighted by atomic mass is 127. The Bertz CT molecular complexity index is 1060. The van der Waals surface area contributed by atoms with Crippen LogP contribution in [0, 0.1) is 18.5 Å². The summed E-state index contributed by atoms with van der Waals surface area (Å²) in [6.45, 7) is -0.277. The van der Waals surface area contributed by atoms with Crippen LogP contribution in [-0.4, -0.2) is 25.6 Å². The minimum atomic E-state index is -4.56. The molecule has 0 unspecified atom stereocenters. The summed E-state index contributed by atoms with van der Waals surface area (Å²) in [5.74, 6) is -0.956. The van der Waals surface area contributed by atoms with E-state index in [1.54, 1.807) is 18.2 Å². The van der Waals surface area contributed by atoms with E-state index in [9.17, 15) is 28.0 Å². The number of halogens is 5. The summed E-state index contributed by atoms with van der Waals surface area (Å²) in [5.41, 5.74) is -0.807. The molecule has 0 atom stereocenters. The lowest BCUT2D eigenvalue weighted by atomic mass is 10.1. The van der Waals surface area contributed by atoms with E-state index in [0.717, 1.165) is 18.2 Å². The number of carbonyl (C=O) groups is 2. The highest BCUT2D eigenvalue weighted by molar-refractivity contribution is 14.1. The van der Waals surface area contributed by atoms with E-state index < -0.39 is 23.6 Å². The number of ether oxygens (including phenoxy) is 2. The lowest BCUT2D eigenvalue weighted by Crippen LogP contribution is -2.15. The van der Waals surface area contributed by atoms with Crippen molar-refractivity contribution in [1.29, 1.82) is 5.26 Å². The van der Waals surface area contributed by atoms with E-state index in [1.165, 1.54) is 19.3 Å². The Balaban J connectivity index is 2.24. The van der Waals surface area contributed by atoms with Gasteiger partial charge in [0.1, 0.15) is 17.4 Å². The van der Waals surface area contributed by atoms with Gasteiger partial charge in [0.25, 0.3) is 5.91 Å². The van der Waals surface area contributed by atoms with Crippen molar-refractivity contribution in [2.24, 2.45) is 0 Å². The maximum Gasteiger partial charge on any atom is 0.416 e. The molecule has 2 aromatic rings. The van der Waals surface area contributed by atoms with E-state index in [4.69, 9.17) is 4.74 Å². The Morgan fingerprint density at radius 1 is 1.19 bits per heavy atom. The molecular formula is C20H13F3I2N2O4. The van der Waals surface area contributed by atoms with Gasteiger partial charge in [-0.3, -0.25) is 4.79 Å². The summed E-state index contributed by atoms with van der Waals surface area (Å²) in [4.78, 5) is 23.6. The largest absolute Gasteiger partial charge is 0.480 e. The number of methoxy groups -OCH3 is 1. The first kappa shape index (κ1) is 24.9. The predicted octanol–water partition coefficient (Wildman–Crippen LogP) is 5.01. The van der Waals surface area contributed by atoms with Gasteiger partial charge in [-0.2, -0.15) is 18.4 Å². The third-order valence-corrected chi connectivity index (χ3v) is 5.31. The Morgan fingerprint density at radius 3 is 2.39 bits per heavy atom. The fraction of sp³-hybridized carbons (Fsp3) is 0.150. The minimum Gasteiger partial charge on any atom is -0.480 e. The summed E-state index contributed by atoms with van der Waals surface area (Å²) >= 11 is 3.95. The van der Waals surface area contributed by atoms with E-state index in [2.05, 4.69) is 10.1 Å². The van der Waals surface area contributed by atoms with Crippen molar-refractivity contribution >= 4 is 68.8 Å². The normalized spacial score (nSPS) is 11.5. The number of hydrogen-bond acceptors (Lipinski definition) is 5. The average molecular weight is 656 g/mol. The van der Waals surface area contributed by atoms with E-state index in [-0.39, 0.29) is 17.9 Å². The first-order valence-electron chi connectivity index (χ1n) is 8.34. The van der Waals surface area contributed by atoms with Crippen molar-refractivity contribution in [3.8, 4) is 11.8 Å². The number of benzene rings is 2. The van der Waals surface area contributed by atoms with Gasteiger partial charge in [0.15, 0.2) is 6.61 Å². The van der Waals surface area contributed by atoms with Crippen molar-refractivity contribution < 1.29 is 32.2 Å². The Hall–Kier alpha value is -2.34. The third kappa shape index (κ3) is 7.10. The SMILES string of the molecule is COC(=O)COc1c(I)cc(/C=C(/C#N)C(=O)Nc2cccc(C(F)(F)F)c2)cc1I. The molecule has 0 fully saturated rings. The maximum atomic E-state index is 12.8. The number of nitriles is 1. The van der Waals surface area contributed by atoms with Gasteiger partial charge in [-0.1, -0.05) is 6.07 Å². The molecule has 0 aliphatic carbocycles. The summed E-state index contributed by atoms with van der Waals surface area (Å²) < 4.78 is 49.7. The monoisotopic (exact) mass is 656 g/mol. The number of alkyl halides is 3. The summed E-state index contributed by atoms with van der Waals surface area (Å²) in [5, 5.41) is 11.6. The quantitative estimate of drug-likeness (QED) is 0.205. The summed E-state index contributed by atoms with van der Waals surface area (Å²) in [7, 11) is 1.24. The van der Waals surface area contributed by atoms with Crippen LogP contribution in [0.3, 0.4) is 0 Å². The fourth-order valence-corrected chi connectivity index (χ4v) is 4.41. The molecule has 0 aromatic heterocycles. The zero-order chi connectivity index (χ0) is 23.2. The van der Waals surface area contributed by atoms with Crippen molar-refractivity contribution in [1.82, 2.24) is 0 Å². The summed E-state index contributed by atoms with van der Waals surface area (Å²) in [6, 6.07) is 9.12. The zero-order valence-electron chi connectivity index (χ0n) is 15.7. The fourth-order valence-electron chi connectivity index (χ4n) is 2.28. The number of carbonyl (C=O) groups excluding carboxylic acids is 2. The van der Waals surface area contributed by atoms with E-state index in [1.807, 2.05) is 45.2 Å². The van der Waals surface area contributed by atoms with Crippen LogP contribution in [0.15, 0.2) is 42.0 Å². The van der Waals surface area contributed by atoms with E-state index in [0.29, 0.717) is 18.5 Å². The van der Waals surface area contributed by atoms with Crippen LogP contribution < -0.4 is 10.1 Å². The number of anilines is 1. The number of amides is 1. The molecule has 31 heavy (non-hydrogen) atoms. The molecule has 2 rings (SSSR count). The number of esters is 1. The second-order valence-corrected chi connectivity index (χ2v) is 8.21. The molecule has 0 heterocycles. The van der Waals surface area contributed by atoms with Crippen molar-refractivity contribution in [3.05, 3.63) is 60.2 Å². The standard InChI is InChI=1S/C20H13F3I2N2O4/c1-30-17(28)10-31-18-15(24)6-11(7-16(18)25)5-12(9-26)19(29)27-14-4-2-3-13(8-14)20(21,22)23/h2-8H,10H2,1H3,(H,27,29)/b12-5-. The second kappa shape index (κ2) is 10.8. The lowest BCUT2D eigenvalue weighted by molar-refractivity contribution is -0.143. The van der Waals surface area contributed by atoms with Gasteiger partial charge in [-0.25, -0.2) is 4.79 Å². The Labute approximate surface area is 202 Å². The molecule has 0 saturated carbocycles. The Kier molecular flexibility index (Phi) is 8.69. The van der Waals surface area contributed by atoms with Crippen LogP contribution in [0.5, 0.6) is 5.75 Å². The number of rotatable bonds is 6. The van der Waals surface area contributed by atoms with Crippen LogP contribution in [0.25, 0.3) is 6.08 Å². The highest BCUT2D eigenvalue weighted by Gasteiger charge is 2.30. The molecule has 0 bridgehead atoms. The zero-order valence-corrected chi connectivity index (χ0v) is 20.0. The molecular weight excluding hydrogens is 643 g/mol. The third-order valence-electron chi connectivity index (χ3n) is 3.71. The molecule has 2 aromatic carbocycles. The first-order chi connectivity index (χ1) is 14.5. The molecule has 162 valence electrons. The molecule has 0 aliphatic rings. The van der Waals surface area contributed by atoms with Crippen LogP contribution in [0.2, 0.25) is 0 Å². The van der Waals surface area contributed by atoms with Gasteiger partial charge in [0.2, 0.25) is 0 Å². The molecule has 11 heteroatoms. The molecule has 0 radical (unpaired) electrons. The maximum absolute atomic E-state index is 12.8. The predicted molar refractivity (Wildman–Crippen MR) is 123 cm³/mol. The smallest absolute Gasteiger partial charge is 0.416 e. The van der Waals surface area contributed by atoms with E-state index >= 15 is 0 Å².